The number of likely N-dealkylation sites (tertiary alicyclic amines) is 1. The Morgan fingerprint density at radius 3 is 3.00 bits per heavy atom. The van der Waals surface area contributed by atoms with Crippen molar-refractivity contribution in [1.82, 2.24) is 4.90 Å². The molecule has 1 fully saturated rings. The zero-order chi connectivity index (χ0) is 15.1. The molecule has 1 unspecified atom stereocenters. The Morgan fingerprint density at radius 1 is 1.38 bits per heavy atom. The van der Waals surface area contributed by atoms with Crippen molar-refractivity contribution >= 4 is 5.91 Å². The molecule has 0 bridgehead atoms. The van der Waals surface area contributed by atoms with Crippen LogP contribution in [0.25, 0.3) is 0 Å². The molecule has 1 aliphatic heterocycles. The van der Waals surface area contributed by atoms with Gasteiger partial charge in [-0.25, -0.2) is 0 Å². The van der Waals surface area contributed by atoms with Gasteiger partial charge >= 0.3 is 0 Å². The first kappa shape index (κ1) is 15.8. The lowest BCUT2D eigenvalue weighted by molar-refractivity contribution is -0.131. The van der Waals surface area contributed by atoms with Crippen LogP contribution in [0.15, 0.2) is 24.3 Å². The Kier molecular flexibility index (Phi) is 6.05. The fourth-order valence-corrected chi connectivity index (χ4v) is 2.77. The van der Waals surface area contributed by atoms with E-state index in [-0.39, 0.29) is 5.91 Å². The van der Waals surface area contributed by atoms with Gasteiger partial charge in [0.25, 0.3) is 0 Å². The highest BCUT2D eigenvalue weighted by molar-refractivity contribution is 5.76. The molecular formula is C17H26N2O2. The Morgan fingerprint density at radius 2 is 2.24 bits per heavy atom. The van der Waals surface area contributed by atoms with Crippen molar-refractivity contribution in [3.05, 3.63) is 29.8 Å². The fraction of sp³-hybridized carbons (Fsp3) is 0.588. The summed E-state index contributed by atoms with van der Waals surface area (Å²) >= 11 is 0. The lowest BCUT2D eigenvalue weighted by Crippen LogP contribution is -2.34. The first-order valence-corrected chi connectivity index (χ1v) is 7.92. The predicted molar refractivity (Wildman–Crippen MR) is 84.0 cm³/mol. The molecule has 1 heterocycles. The van der Waals surface area contributed by atoms with Crippen LogP contribution in [0, 0.1) is 5.92 Å². The number of amides is 1. The van der Waals surface area contributed by atoms with Crippen molar-refractivity contribution in [3.8, 4) is 5.75 Å². The van der Waals surface area contributed by atoms with Crippen LogP contribution >= 0.6 is 0 Å². The maximum Gasteiger partial charge on any atom is 0.222 e. The largest absolute Gasteiger partial charge is 0.492 e. The summed E-state index contributed by atoms with van der Waals surface area (Å²) in [6, 6.07) is 7.81. The van der Waals surface area contributed by atoms with Crippen LogP contribution in [0.1, 0.15) is 38.2 Å². The molecular weight excluding hydrogens is 264 g/mol. The van der Waals surface area contributed by atoms with Crippen molar-refractivity contribution < 1.29 is 9.53 Å². The van der Waals surface area contributed by atoms with Gasteiger partial charge in [0.05, 0.1) is 6.54 Å². The van der Waals surface area contributed by atoms with E-state index in [1.165, 1.54) is 6.42 Å². The Bertz CT molecular complexity index is 462. The van der Waals surface area contributed by atoms with Crippen LogP contribution in [0.4, 0.5) is 0 Å². The lowest BCUT2D eigenvalue weighted by Gasteiger charge is -2.21. The fourth-order valence-electron chi connectivity index (χ4n) is 2.77. The van der Waals surface area contributed by atoms with Crippen LogP contribution in [0.2, 0.25) is 0 Å². The zero-order valence-corrected chi connectivity index (χ0v) is 12.9. The van der Waals surface area contributed by atoms with E-state index in [1.807, 2.05) is 29.2 Å². The normalized spacial score (nSPS) is 19.4. The molecule has 0 saturated carbocycles. The number of carbonyl (C=O) groups excluding carboxylic acids is 1. The molecule has 2 rings (SSSR count). The summed E-state index contributed by atoms with van der Waals surface area (Å²) in [7, 11) is 0. The standard InChI is InChI=1S/C17H26N2O2/c1-2-14-6-7-17(20)19(9-8-14)10-11-21-16-5-3-4-15(12-16)13-18/h3-5,12,14H,2,6-11,13,18H2,1H3. The first-order valence-electron chi connectivity index (χ1n) is 7.92. The topological polar surface area (TPSA) is 55.6 Å². The van der Waals surface area contributed by atoms with Gasteiger partial charge in [0.1, 0.15) is 12.4 Å². The summed E-state index contributed by atoms with van der Waals surface area (Å²) in [5.74, 6) is 1.79. The van der Waals surface area contributed by atoms with Crippen LogP contribution < -0.4 is 10.5 Å². The maximum absolute atomic E-state index is 12.1. The molecule has 1 aromatic carbocycles. The minimum Gasteiger partial charge on any atom is -0.492 e. The number of rotatable bonds is 6. The predicted octanol–water partition coefficient (Wildman–Crippen LogP) is 2.56. The molecule has 4 heteroatoms. The molecule has 0 radical (unpaired) electrons. The molecule has 1 saturated heterocycles. The highest BCUT2D eigenvalue weighted by Gasteiger charge is 2.21. The van der Waals surface area contributed by atoms with E-state index in [2.05, 4.69) is 6.92 Å². The number of nitrogens with two attached hydrogens (primary N) is 1. The van der Waals surface area contributed by atoms with E-state index in [4.69, 9.17) is 10.5 Å². The van der Waals surface area contributed by atoms with Gasteiger partial charge in [-0.15, -0.1) is 0 Å². The molecule has 1 aromatic rings. The number of carbonyl (C=O) groups is 1. The Hall–Kier alpha value is -1.55. The second kappa shape index (κ2) is 8.03. The molecule has 116 valence electrons. The van der Waals surface area contributed by atoms with E-state index >= 15 is 0 Å². The van der Waals surface area contributed by atoms with Gasteiger partial charge in [-0.2, -0.15) is 0 Å². The summed E-state index contributed by atoms with van der Waals surface area (Å²) in [5.41, 5.74) is 6.68. The van der Waals surface area contributed by atoms with E-state index < -0.39 is 0 Å². The van der Waals surface area contributed by atoms with Crippen molar-refractivity contribution in [2.24, 2.45) is 11.7 Å². The van der Waals surface area contributed by atoms with E-state index in [0.29, 0.717) is 32.0 Å². The van der Waals surface area contributed by atoms with Gasteiger partial charge in [-0.3, -0.25) is 4.79 Å². The van der Waals surface area contributed by atoms with Crippen molar-refractivity contribution in [1.29, 1.82) is 0 Å². The van der Waals surface area contributed by atoms with Crippen molar-refractivity contribution in [2.75, 3.05) is 19.7 Å². The molecule has 21 heavy (non-hydrogen) atoms. The second-order valence-electron chi connectivity index (χ2n) is 5.68. The minimum absolute atomic E-state index is 0.269. The van der Waals surface area contributed by atoms with Crippen LogP contribution in [0.3, 0.4) is 0 Å². The third kappa shape index (κ3) is 4.74. The van der Waals surface area contributed by atoms with Crippen molar-refractivity contribution in [3.63, 3.8) is 0 Å². The number of benzene rings is 1. The minimum atomic E-state index is 0.269. The molecule has 1 atom stereocenters. The quantitative estimate of drug-likeness (QED) is 0.876. The highest BCUT2D eigenvalue weighted by Crippen LogP contribution is 2.21. The summed E-state index contributed by atoms with van der Waals surface area (Å²) < 4.78 is 5.74. The third-order valence-electron chi connectivity index (χ3n) is 4.27. The smallest absolute Gasteiger partial charge is 0.222 e. The highest BCUT2D eigenvalue weighted by atomic mass is 16.5. The average Bonchev–Trinajstić information content (AvgIpc) is 2.70. The Balaban J connectivity index is 1.80. The van der Waals surface area contributed by atoms with Crippen LogP contribution in [-0.4, -0.2) is 30.5 Å². The summed E-state index contributed by atoms with van der Waals surface area (Å²) in [6.07, 6.45) is 4.00. The summed E-state index contributed by atoms with van der Waals surface area (Å²) in [5, 5.41) is 0. The second-order valence-corrected chi connectivity index (χ2v) is 5.68. The van der Waals surface area contributed by atoms with Crippen LogP contribution in [-0.2, 0) is 11.3 Å². The molecule has 1 amide bonds. The summed E-state index contributed by atoms with van der Waals surface area (Å²) in [6.45, 7) is 4.79. The molecule has 0 spiro atoms. The van der Waals surface area contributed by atoms with Gasteiger partial charge in [0, 0.05) is 19.5 Å². The van der Waals surface area contributed by atoms with Crippen LogP contribution in [0.5, 0.6) is 5.75 Å². The molecule has 1 aliphatic rings. The number of hydrogen-bond donors (Lipinski definition) is 1. The lowest BCUT2D eigenvalue weighted by atomic mass is 9.98. The van der Waals surface area contributed by atoms with E-state index in [9.17, 15) is 4.79 Å². The Labute approximate surface area is 127 Å². The van der Waals surface area contributed by atoms with Gasteiger partial charge in [0.15, 0.2) is 0 Å². The monoisotopic (exact) mass is 290 g/mol. The van der Waals surface area contributed by atoms with Gasteiger partial charge in [-0.05, 0) is 36.5 Å². The van der Waals surface area contributed by atoms with Crippen molar-refractivity contribution in [2.45, 2.75) is 39.2 Å². The zero-order valence-electron chi connectivity index (χ0n) is 12.9. The molecule has 0 aliphatic carbocycles. The first-order chi connectivity index (χ1) is 10.2. The van der Waals surface area contributed by atoms with Gasteiger partial charge in [-0.1, -0.05) is 25.5 Å². The summed E-state index contributed by atoms with van der Waals surface area (Å²) in [4.78, 5) is 14.0. The molecule has 0 aromatic heterocycles. The van der Waals surface area contributed by atoms with E-state index in [0.717, 1.165) is 30.7 Å². The van der Waals surface area contributed by atoms with Gasteiger partial charge < -0.3 is 15.4 Å². The molecule has 2 N–H and O–H groups in total. The average molecular weight is 290 g/mol. The number of hydrogen-bond acceptors (Lipinski definition) is 3. The number of ether oxygens (including phenoxy) is 1. The molecule has 4 nitrogen and oxygen atoms in total. The van der Waals surface area contributed by atoms with Gasteiger partial charge in [0.2, 0.25) is 5.91 Å². The maximum atomic E-state index is 12.1. The number of nitrogens with zero attached hydrogens (tertiary/aromatic N) is 1. The SMILES string of the molecule is CCC1CCC(=O)N(CCOc2cccc(CN)c2)CC1. The van der Waals surface area contributed by atoms with E-state index in [1.54, 1.807) is 0 Å². The third-order valence-corrected chi connectivity index (χ3v) is 4.27.